The Labute approximate surface area is 278 Å². The minimum atomic E-state index is -4.50. The van der Waals surface area contributed by atoms with Gasteiger partial charge in [0.05, 0.1) is 33.9 Å². The zero-order valence-corrected chi connectivity index (χ0v) is 29.3. The number of hydrogen-bond donors (Lipinski definition) is 4. The molecule has 2 aliphatic rings. The van der Waals surface area contributed by atoms with Crippen LogP contribution >= 0.6 is 12.0 Å². The second-order valence-corrected chi connectivity index (χ2v) is 17.5. The van der Waals surface area contributed by atoms with Gasteiger partial charge >= 0.3 is 0 Å². The fraction of sp³-hybridized carbons (Fsp3) is 0.414. The number of fused-ring (bicyclic) bond motifs is 2. The molecule has 47 heavy (non-hydrogen) atoms. The van der Waals surface area contributed by atoms with E-state index in [2.05, 4.69) is 9.37 Å². The summed E-state index contributed by atoms with van der Waals surface area (Å²) in [6.07, 6.45) is 5.67. The molecule has 0 atom stereocenters. The van der Waals surface area contributed by atoms with Gasteiger partial charge in [0.2, 0.25) is 5.69 Å². The van der Waals surface area contributed by atoms with Crippen molar-refractivity contribution in [1.82, 2.24) is 0 Å². The van der Waals surface area contributed by atoms with E-state index in [0.29, 0.717) is 21.8 Å². The van der Waals surface area contributed by atoms with Crippen LogP contribution in [0.4, 0.5) is 11.4 Å². The molecular weight excluding hydrogens is 697 g/mol. The molecule has 4 rings (SSSR count). The second kappa shape index (κ2) is 13.7. The van der Waals surface area contributed by atoms with E-state index < -0.39 is 52.7 Å². The molecule has 14 nitrogen and oxygen atoms in total. The van der Waals surface area contributed by atoms with E-state index >= 15 is 0 Å². The first-order valence-corrected chi connectivity index (χ1v) is 19.7. The highest BCUT2D eigenvalue weighted by Gasteiger charge is 2.45. The summed E-state index contributed by atoms with van der Waals surface area (Å²) in [4.78, 5) is 2.19. The molecule has 0 unspecified atom stereocenters. The Morgan fingerprint density at radius 3 is 2.15 bits per heavy atom. The van der Waals surface area contributed by atoms with Crippen LogP contribution in [0, 0.1) is 0 Å². The van der Waals surface area contributed by atoms with Crippen molar-refractivity contribution >= 4 is 59.5 Å². The van der Waals surface area contributed by atoms with Gasteiger partial charge in [0.1, 0.15) is 6.54 Å². The van der Waals surface area contributed by atoms with Gasteiger partial charge in [-0.3, -0.25) is 13.7 Å². The third kappa shape index (κ3) is 8.51. The number of anilines is 1. The fourth-order valence-corrected chi connectivity index (χ4v) is 7.99. The summed E-state index contributed by atoms with van der Waals surface area (Å²) in [6.45, 7) is 8.12. The van der Waals surface area contributed by atoms with Gasteiger partial charge < -0.3 is 4.90 Å². The fourth-order valence-electron chi connectivity index (χ4n) is 6.10. The van der Waals surface area contributed by atoms with Crippen molar-refractivity contribution < 1.29 is 58.1 Å². The van der Waals surface area contributed by atoms with Gasteiger partial charge in [0.15, 0.2) is 5.71 Å². The Morgan fingerprint density at radius 2 is 1.53 bits per heavy atom. The molecule has 2 aromatic carbocycles. The summed E-state index contributed by atoms with van der Waals surface area (Å²) in [5.74, 6) is -0.920. The van der Waals surface area contributed by atoms with Crippen LogP contribution in [0.25, 0.3) is 0 Å². The molecule has 0 aliphatic carbocycles. The number of nitrogens with zero attached hydrogens (tertiary/aromatic N) is 2. The zero-order valence-electron chi connectivity index (χ0n) is 26.0. The Kier molecular flexibility index (Phi) is 10.8. The molecule has 2 aliphatic heterocycles. The number of benzene rings is 2. The minimum absolute atomic E-state index is 0.0715. The van der Waals surface area contributed by atoms with Gasteiger partial charge in [0.25, 0.3) is 30.4 Å². The average molecular weight is 734 g/mol. The van der Waals surface area contributed by atoms with Gasteiger partial charge in [-0.25, -0.2) is 5.26 Å². The lowest BCUT2D eigenvalue weighted by molar-refractivity contribution is -0.437. The Morgan fingerprint density at radius 1 is 0.872 bits per heavy atom. The van der Waals surface area contributed by atoms with E-state index in [0.717, 1.165) is 29.0 Å². The molecule has 0 radical (unpaired) electrons. The summed E-state index contributed by atoms with van der Waals surface area (Å²) in [5.41, 5.74) is 2.95. The van der Waals surface area contributed by atoms with Crippen LogP contribution in [0.3, 0.4) is 0 Å². The standard InChI is InChI=1S/C29H36N2O12S4/c1-28(2)22-18-20(44-43-42-32)10-12-24(22)30(14-6-16-45(33,34)35)26(28)8-5-9-27-29(3,4)23-19-21(47(39,40)41)11-13-25(23)31(27)15-7-17-46(36,37)38/h5,8-13,18-19H,6-7,14-17H2,1-4H3,(H3-,32,33,34,35,36,37,38,39,40,41)/p+1. The zero-order chi connectivity index (χ0) is 35.0. The van der Waals surface area contributed by atoms with Crippen LogP contribution in [0.15, 0.2) is 70.1 Å². The van der Waals surface area contributed by atoms with Crippen LogP contribution in [-0.2, 0) is 50.6 Å². The molecule has 258 valence electrons. The molecule has 0 saturated heterocycles. The van der Waals surface area contributed by atoms with Crippen molar-refractivity contribution in [3.8, 4) is 0 Å². The normalized spacial score (nSPS) is 18.4. The van der Waals surface area contributed by atoms with Gasteiger partial charge in [-0.15, -0.1) is 4.33 Å². The predicted octanol–water partition coefficient (Wildman–Crippen LogP) is 4.53. The highest BCUT2D eigenvalue weighted by Crippen LogP contribution is 2.49. The van der Waals surface area contributed by atoms with Crippen molar-refractivity contribution in [3.63, 3.8) is 0 Å². The Hall–Kier alpha value is -2.65. The highest BCUT2D eigenvalue weighted by atomic mass is 32.2. The Bertz CT molecular complexity index is 1970. The third-order valence-corrected chi connectivity index (χ3v) is 11.3. The van der Waals surface area contributed by atoms with Crippen LogP contribution in [0.5, 0.6) is 0 Å². The molecule has 4 N–H and O–H groups in total. The van der Waals surface area contributed by atoms with E-state index in [1.807, 2.05) is 61.5 Å². The number of rotatable bonds is 14. The average Bonchev–Trinajstić information content (AvgIpc) is 3.28. The summed E-state index contributed by atoms with van der Waals surface area (Å²) in [7, 11) is -12.9. The first-order chi connectivity index (χ1) is 21.7. The van der Waals surface area contributed by atoms with Crippen LogP contribution in [-0.4, -0.2) is 79.1 Å². The molecule has 0 aromatic heterocycles. The molecule has 0 bridgehead atoms. The van der Waals surface area contributed by atoms with Crippen molar-refractivity contribution in [2.75, 3.05) is 29.5 Å². The molecule has 0 fully saturated rings. The van der Waals surface area contributed by atoms with E-state index in [1.165, 1.54) is 12.1 Å². The maximum Gasteiger partial charge on any atom is 0.294 e. The monoisotopic (exact) mass is 733 g/mol. The molecule has 0 spiro atoms. The van der Waals surface area contributed by atoms with Crippen molar-refractivity contribution in [1.29, 1.82) is 0 Å². The lowest BCUT2D eigenvalue weighted by Crippen LogP contribution is -2.29. The van der Waals surface area contributed by atoms with Crippen molar-refractivity contribution in [3.05, 3.63) is 71.5 Å². The lowest BCUT2D eigenvalue weighted by atomic mass is 9.81. The van der Waals surface area contributed by atoms with Gasteiger partial charge in [-0.05, 0) is 62.2 Å². The predicted molar refractivity (Wildman–Crippen MR) is 176 cm³/mol. The van der Waals surface area contributed by atoms with Gasteiger partial charge in [-0.1, -0.05) is 25.0 Å². The molecule has 18 heteroatoms. The topological polar surface area (TPSA) is 208 Å². The quantitative estimate of drug-likeness (QED) is 0.0692. The maximum absolute atomic E-state index is 11.9. The van der Waals surface area contributed by atoms with Crippen LogP contribution in [0.2, 0.25) is 0 Å². The van der Waals surface area contributed by atoms with Gasteiger partial charge in [-0.2, -0.15) is 29.8 Å². The number of allylic oxidation sites excluding steroid dienone is 4. The van der Waals surface area contributed by atoms with Crippen LogP contribution < -0.4 is 4.90 Å². The SMILES string of the molecule is CC1(C)C(C=C/C=C2/N(CCCS(=O)(=O)O)c3ccc(S(=O)(=O)O)cc3C2(C)C)=[N+](CCCS(=O)(=O)O)c2ccc(SOOO)cc21. The van der Waals surface area contributed by atoms with E-state index in [4.69, 9.17) is 5.26 Å². The molecular formula is C29H37N2O12S4+. The van der Waals surface area contributed by atoms with E-state index in [-0.39, 0.29) is 30.8 Å². The van der Waals surface area contributed by atoms with Crippen molar-refractivity contribution in [2.24, 2.45) is 0 Å². The highest BCUT2D eigenvalue weighted by molar-refractivity contribution is 7.94. The molecule has 0 saturated carbocycles. The first-order valence-electron chi connectivity index (χ1n) is 14.3. The number of hydrogen-bond acceptors (Lipinski definition) is 11. The first kappa shape index (κ1) is 37.2. The summed E-state index contributed by atoms with van der Waals surface area (Å²) in [5, 5.41) is 12.3. The lowest BCUT2D eigenvalue weighted by Gasteiger charge is -2.27. The summed E-state index contributed by atoms with van der Waals surface area (Å²) >= 11 is 0.798. The van der Waals surface area contributed by atoms with E-state index in [1.54, 1.807) is 18.2 Å². The summed E-state index contributed by atoms with van der Waals surface area (Å²) in [6, 6.07) is 9.62. The second-order valence-electron chi connectivity index (χ2n) is 12.2. The maximum atomic E-state index is 11.9. The smallest absolute Gasteiger partial charge is 0.294 e. The summed E-state index contributed by atoms with van der Waals surface area (Å²) < 4.78 is 105. The van der Waals surface area contributed by atoms with E-state index in [9.17, 15) is 38.9 Å². The molecule has 0 amide bonds. The molecule has 2 heterocycles. The Balaban J connectivity index is 1.79. The van der Waals surface area contributed by atoms with Crippen molar-refractivity contribution in [2.45, 2.75) is 61.2 Å². The minimum Gasteiger partial charge on any atom is -0.344 e. The van der Waals surface area contributed by atoms with Gasteiger partial charge in [0, 0.05) is 52.4 Å². The van der Waals surface area contributed by atoms with Crippen LogP contribution in [0.1, 0.15) is 51.7 Å². The third-order valence-electron chi connectivity index (χ3n) is 8.26. The largest absolute Gasteiger partial charge is 0.344 e. The molecule has 2 aromatic rings.